The maximum Gasteiger partial charge on any atom is 0.282 e. The second-order valence-corrected chi connectivity index (χ2v) is 5.12. The van der Waals surface area contributed by atoms with Gasteiger partial charge in [-0.2, -0.15) is 9.78 Å². The van der Waals surface area contributed by atoms with Crippen molar-refractivity contribution in [3.63, 3.8) is 0 Å². The van der Waals surface area contributed by atoms with E-state index in [0.717, 1.165) is 4.68 Å². The second kappa shape index (κ2) is 6.13. The van der Waals surface area contributed by atoms with Crippen molar-refractivity contribution in [3.05, 3.63) is 69.0 Å². The minimum Gasteiger partial charge on any atom is -0.494 e. The highest BCUT2D eigenvalue weighted by Crippen LogP contribution is 2.16. The number of benzene rings is 2. The van der Waals surface area contributed by atoms with Crippen LogP contribution in [0.3, 0.4) is 0 Å². The summed E-state index contributed by atoms with van der Waals surface area (Å²) >= 11 is 5.15. The fraction of sp³-hybridized carbons (Fsp3) is 0.0625. The van der Waals surface area contributed by atoms with Crippen molar-refractivity contribution < 1.29 is 9.13 Å². The number of H-pyrrole nitrogens is 1. The van der Waals surface area contributed by atoms with Crippen LogP contribution in [0.25, 0.3) is 10.9 Å². The third kappa shape index (κ3) is 2.91. The van der Waals surface area contributed by atoms with Gasteiger partial charge in [0.05, 0.1) is 24.2 Å². The van der Waals surface area contributed by atoms with Gasteiger partial charge < -0.3 is 9.72 Å². The predicted molar refractivity (Wildman–Crippen MR) is 89.3 cm³/mol. The molecule has 0 aliphatic heterocycles. The third-order valence-corrected chi connectivity index (χ3v) is 3.56. The second-order valence-electron chi connectivity index (χ2n) is 4.73. The number of nitrogens with zero attached hydrogens (tertiary/aromatic N) is 2. The van der Waals surface area contributed by atoms with Crippen LogP contribution in [-0.4, -0.2) is 23.0 Å². The van der Waals surface area contributed by atoms with Gasteiger partial charge in [-0.25, -0.2) is 4.39 Å². The van der Waals surface area contributed by atoms with Crippen LogP contribution in [0.15, 0.2) is 52.4 Å². The van der Waals surface area contributed by atoms with Crippen molar-refractivity contribution in [3.8, 4) is 5.75 Å². The normalized spacial score (nSPS) is 11.2. The summed E-state index contributed by atoms with van der Waals surface area (Å²) in [5, 5.41) is 4.53. The van der Waals surface area contributed by atoms with Crippen molar-refractivity contribution in [2.75, 3.05) is 7.11 Å². The molecule has 0 unspecified atom stereocenters. The van der Waals surface area contributed by atoms with E-state index in [9.17, 15) is 9.18 Å². The van der Waals surface area contributed by atoms with E-state index in [0.29, 0.717) is 16.5 Å². The maximum absolute atomic E-state index is 13.7. The lowest BCUT2D eigenvalue weighted by atomic mass is 10.2. The summed E-state index contributed by atoms with van der Waals surface area (Å²) < 4.78 is 19.7. The Bertz CT molecular complexity index is 1020. The molecule has 5 nitrogen and oxygen atoms in total. The van der Waals surface area contributed by atoms with E-state index < -0.39 is 5.82 Å². The molecular weight excluding hydrogens is 317 g/mol. The van der Waals surface area contributed by atoms with Crippen molar-refractivity contribution >= 4 is 29.3 Å². The van der Waals surface area contributed by atoms with Crippen LogP contribution in [0, 0.1) is 10.6 Å². The number of aromatic amines is 1. The minimum absolute atomic E-state index is 0.141. The van der Waals surface area contributed by atoms with Gasteiger partial charge in [0, 0.05) is 0 Å². The van der Waals surface area contributed by atoms with Gasteiger partial charge in [0.25, 0.3) is 5.56 Å². The molecule has 0 aliphatic rings. The van der Waals surface area contributed by atoms with Crippen LogP contribution in [0.5, 0.6) is 5.75 Å². The summed E-state index contributed by atoms with van der Waals surface area (Å²) in [6, 6.07) is 11.4. The molecule has 0 radical (unpaired) electrons. The Morgan fingerprint density at radius 2 is 2.09 bits per heavy atom. The SMILES string of the molecule is COc1ccc(/C=N\n2c(=S)[nH]c3ccccc3c2=O)cc1F. The molecule has 0 fully saturated rings. The Kier molecular flexibility index (Phi) is 4.03. The van der Waals surface area contributed by atoms with Gasteiger partial charge in [-0.05, 0) is 48.1 Å². The van der Waals surface area contributed by atoms with E-state index >= 15 is 0 Å². The van der Waals surface area contributed by atoms with Crippen LogP contribution in [0.4, 0.5) is 4.39 Å². The first-order valence-electron chi connectivity index (χ1n) is 6.72. The molecule has 0 saturated heterocycles. The van der Waals surface area contributed by atoms with Crippen molar-refractivity contribution in [2.45, 2.75) is 0 Å². The van der Waals surface area contributed by atoms with E-state index in [2.05, 4.69) is 10.1 Å². The number of halogens is 1. The lowest BCUT2D eigenvalue weighted by Crippen LogP contribution is -2.18. The van der Waals surface area contributed by atoms with Crippen molar-refractivity contribution in [1.82, 2.24) is 9.66 Å². The summed E-state index contributed by atoms with van der Waals surface area (Å²) in [5.74, 6) is -0.366. The van der Waals surface area contributed by atoms with Gasteiger partial charge in [0.15, 0.2) is 11.6 Å². The first kappa shape index (κ1) is 15.1. The van der Waals surface area contributed by atoms with Gasteiger partial charge in [-0.15, -0.1) is 0 Å². The van der Waals surface area contributed by atoms with Crippen molar-refractivity contribution in [1.29, 1.82) is 0 Å². The average molecular weight is 329 g/mol. The quantitative estimate of drug-likeness (QED) is 0.593. The molecule has 0 bridgehead atoms. The van der Waals surface area contributed by atoms with Crippen LogP contribution >= 0.6 is 12.2 Å². The predicted octanol–water partition coefficient (Wildman–Crippen LogP) is 3.09. The highest BCUT2D eigenvalue weighted by molar-refractivity contribution is 7.71. The molecule has 0 saturated carbocycles. The van der Waals surface area contributed by atoms with Crippen LogP contribution < -0.4 is 10.3 Å². The number of methoxy groups -OCH3 is 1. The molecule has 7 heteroatoms. The summed E-state index contributed by atoms with van der Waals surface area (Å²) in [6.07, 6.45) is 1.36. The van der Waals surface area contributed by atoms with Gasteiger partial charge in [-0.1, -0.05) is 12.1 Å². The number of hydrogen-bond donors (Lipinski definition) is 1. The number of para-hydroxylation sites is 1. The Labute approximate surface area is 135 Å². The summed E-state index contributed by atoms with van der Waals surface area (Å²) in [7, 11) is 1.39. The first-order valence-corrected chi connectivity index (χ1v) is 7.13. The molecular formula is C16H12FN3O2S. The monoisotopic (exact) mass is 329 g/mol. The van der Waals surface area contributed by atoms with E-state index in [1.807, 2.05) is 0 Å². The number of rotatable bonds is 3. The lowest BCUT2D eigenvalue weighted by molar-refractivity contribution is 0.386. The lowest BCUT2D eigenvalue weighted by Gasteiger charge is -2.03. The number of hydrogen-bond acceptors (Lipinski definition) is 4. The zero-order chi connectivity index (χ0) is 16.4. The number of aromatic nitrogens is 2. The van der Waals surface area contributed by atoms with E-state index in [-0.39, 0.29) is 16.1 Å². The van der Waals surface area contributed by atoms with E-state index in [1.54, 1.807) is 30.3 Å². The van der Waals surface area contributed by atoms with Crippen LogP contribution in [0.1, 0.15) is 5.56 Å². The number of nitrogens with one attached hydrogen (secondary N) is 1. The largest absolute Gasteiger partial charge is 0.494 e. The van der Waals surface area contributed by atoms with Gasteiger partial charge in [0.2, 0.25) is 4.77 Å². The topological polar surface area (TPSA) is 59.4 Å². The average Bonchev–Trinajstić information content (AvgIpc) is 2.55. The molecule has 2 aromatic carbocycles. The van der Waals surface area contributed by atoms with Gasteiger partial charge >= 0.3 is 0 Å². The first-order chi connectivity index (χ1) is 11.1. The third-order valence-electron chi connectivity index (χ3n) is 3.28. The molecule has 3 aromatic rings. The summed E-state index contributed by atoms with van der Waals surface area (Å²) in [6.45, 7) is 0. The Morgan fingerprint density at radius 3 is 2.83 bits per heavy atom. The fourth-order valence-electron chi connectivity index (χ4n) is 2.15. The molecule has 116 valence electrons. The highest BCUT2D eigenvalue weighted by atomic mass is 32.1. The van der Waals surface area contributed by atoms with E-state index in [1.165, 1.54) is 25.5 Å². The minimum atomic E-state index is -0.507. The summed E-state index contributed by atoms with van der Waals surface area (Å²) in [4.78, 5) is 15.3. The zero-order valence-electron chi connectivity index (χ0n) is 12.1. The molecule has 0 spiro atoms. The molecule has 3 rings (SSSR count). The zero-order valence-corrected chi connectivity index (χ0v) is 12.9. The molecule has 0 aliphatic carbocycles. The van der Waals surface area contributed by atoms with Gasteiger partial charge in [0.1, 0.15) is 0 Å². The fourth-order valence-corrected chi connectivity index (χ4v) is 2.39. The maximum atomic E-state index is 13.7. The Hall–Kier alpha value is -2.80. The smallest absolute Gasteiger partial charge is 0.282 e. The number of ether oxygens (including phenoxy) is 1. The standard InChI is InChI=1S/C16H12FN3O2S/c1-22-14-7-6-10(8-12(14)17)9-18-20-15(21)11-4-2-3-5-13(11)19-16(20)23/h2-9H,1H3,(H,19,23)/b18-9-. The molecule has 1 heterocycles. The Morgan fingerprint density at radius 1 is 1.30 bits per heavy atom. The molecule has 23 heavy (non-hydrogen) atoms. The van der Waals surface area contributed by atoms with Crippen LogP contribution in [0.2, 0.25) is 0 Å². The Balaban J connectivity index is 2.06. The highest BCUT2D eigenvalue weighted by Gasteiger charge is 2.05. The number of fused-ring (bicyclic) bond motifs is 1. The molecule has 0 atom stereocenters. The van der Waals surface area contributed by atoms with Crippen LogP contribution in [-0.2, 0) is 0 Å². The molecule has 1 aromatic heterocycles. The van der Waals surface area contributed by atoms with Gasteiger partial charge in [-0.3, -0.25) is 4.79 Å². The molecule has 1 N–H and O–H groups in total. The van der Waals surface area contributed by atoms with E-state index in [4.69, 9.17) is 17.0 Å². The van der Waals surface area contributed by atoms with Crippen molar-refractivity contribution in [2.24, 2.45) is 5.10 Å². The molecule has 0 amide bonds. The summed E-state index contributed by atoms with van der Waals surface area (Å²) in [5.41, 5.74) is 0.789.